The fourth-order valence-corrected chi connectivity index (χ4v) is 2.03. The maximum Gasteiger partial charge on any atom is 0.334 e. The molecule has 3 nitrogen and oxygen atoms in total. The minimum Gasteiger partial charge on any atom is -0.472 e. The monoisotopic (exact) mass is 246 g/mol. The van der Waals surface area contributed by atoms with Crippen LogP contribution < -0.4 is 0 Å². The van der Waals surface area contributed by atoms with E-state index in [4.69, 9.17) is 9.15 Å². The summed E-state index contributed by atoms with van der Waals surface area (Å²) >= 11 is 0. The van der Waals surface area contributed by atoms with Crippen molar-refractivity contribution in [2.75, 3.05) is 0 Å². The van der Waals surface area contributed by atoms with Crippen molar-refractivity contribution < 1.29 is 13.9 Å². The molecule has 0 aromatic carbocycles. The molecule has 0 saturated carbocycles. The molecule has 1 aromatic heterocycles. The van der Waals surface area contributed by atoms with Crippen LogP contribution in [0.15, 0.2) is 46.3 Å². The van der Waals surface area contributed by atoms with Gasteiger partial charge in [-0.3, -0.25) is 0 Å². The number of rotatable bonds is 5. The highest BCUT2D eigenvalue weighted by Gasteiger charge is 2.21. The Hall–Kier alpha value is -1.77. The Kier molecular flexibility index (Phi) is 4.03. The molecule has 0 fully saturated rings. The Morgan fingerprint density at radius 3 is 2.94 bits per heavy atom. The van der Waals surface area contributed by atoms with Crippen molar-refractivity contribution in [1.82, 2.24) is 0 Å². The van der Waals surface area contributed by atoms with Crippen LogP contribution in [0.2, 0.25) is 0 Å². The summed E-state index contributed by atoms with van der Waals surface area (Å²) < 4.78 is 10.2. The Morgan fingerprint density at radius 2 is 2.33 bits per heavy atom. The fourth-order valence-electron chi connectivity index (χ4n) is 2.03. The minimum atomic E-state index is -0.189. The van der Waals surface area contributed by atoms with E-state index >= 15 is 0 Å². The molecule has 0 amide bonds. The van der Waals surface area contributed by atoms with E-state index in [9.17, 15) is 4.79 Å². The molecule has 0 saturated heterocycles. The van der Waals surface area contributed by atoms with Crippen LogP contribution in [0.1, 0.15) is 32.3 Å². The van der Waals surface area contributed by atoms with Gasteiger partial charge in [0.1, 0.15) is 6.10 Å². The highest BCUT2D eigenvalue weighted by Crippen LogP contribution is 2.19. The van der Waals surface area contributed by atoms with Crippen molar-refractivity contribution in [3.8, 4) is 0 Å². The van der Waals surface area contributed by atoms with Crippen molar-refractivity contribution in [2.24, 2.45) is 0 Å². The van der Waals surface area contributed by atoms with Crippen LogP contribution in [0.3, 0.4) is 0 Å². The third-order valence-electron chi connectivity index (χ3n) is 3.05. The first-order valence-corrected chi connectivity index (χ1v) is 6.21. The summed E-state index contributed by atoms with van der Waals surface area (Å²) in [6.07, 6.45) is 10.2. The number of esters is 1. The first kappa shape index (κ1) is 12.7. The number of allylic oxidation sites excluding steroid dienone is 1. The van der Waals surface area contributed by atoms with Gasteiger partial charge < -0.3 is 9.15 Å². The zero-order chi connectivity index (χ0) is 13.0. The van der Waals surface area contributed by atoms with Crippen LogP contribution in [-0.2, 0) is 16.0 Å². The molecule has 1 atom stereocenters. The standard InChI is InChI=1S/C15H18O3/c1-11(4-3-5-13-6-7-17-10-13)8-14-9-12(2)15(16)18-14/h4,6-7,9-10,14H,3,5,8H2,1-2H3/b11-4+. The Morgan fingerprint density at radius 1 is 1.50 bits per heavy atom. The van der Waals surface area contributed by atoms with Gasteiger partial charge in [0.25, 0.3) is 0 Å². The van der Waals surface area contributed by atoms with E-state index in [1.165, 1.54) is 11.1 Å². The second-order valence-electron chi connectivity index (χ2n) is 4.72. The Bertz CT molecular complexity index is 466. The highest BCUT2D eigenvalue weighted by atomic mass is 16.5. The lowest BCUT2D eigenvalue weighted by Crippen LogP contribution is -2.08. The van der Waals surface area contributed by atoms with Crippen molar-refractivity contribution in [3.63, 3.8) is 0 Å². The van der Waals surface area contributed by atoms with Crippen molar-refractivity contribution in [3.05, 3.63) is 47.5 Å². The predicted molar refractivity (Wildman–Crippen MR) is 69.0 cm³/mol. The molecule has 0 bridgehead atoms. The quantitative estimate of drug-likeness (QED) is 0.590. The van der Waals surface area contributed by atoms with Gasteiger partial charge in [0.15, 0.2) is 0 Å². The Balaban J connectivity index is 1.78. The van der Waals surface area contributed by atoms with Crippen LogP contribution in [0.25, 0.3) is 0 Å². The van der Waals surface area contributed by atoms with Crippen LogP contribution in [0, 0.1) is 0 Å². The van der Waals surface area contributed by atoms with E-state index < -0.39 is 0 Å². The van der Waals surface area contributed by atoms with Gasteiger partial charge in [-0.05, 0) is 44.4 Å². The maximum absolute atomic E-state index is 11.2. The smallest absolute Gasteiger partial charge is 0.334 e. The van der Waals surface area contributed by atoms with Crippen molar-refractivity contribution >= 4 is 5.97 Å². The molecule has 96 valence electrons. The summed E-state index contributed by atoms with van der Waals surface area (Å²) in [6.45, 7) is 3.87. The molecule has 1 unspecified atom stereocenters. The van der Waals surface area contributed by atoms with Gasteiger partial charge in [0.05, 0.1) is 12.5 Å². The average molecular weight is 246 g/mol. The zero-order valence-electron chi connectivity index (χ0n) is 10.8. The Labute approximate surface area is 107 Å². The number of cyclic esters (lactones) is 1. The van der Waals surface area contributed by atoms with Gasteiger partial charge in [-0.1, -0.05) is 11.6 Å². The molecule has 2 heterocycles. The molecule has 1 aromatic rings. The lowest BCUT2D eigenvalue weighted by Gasteiger charge is -2.08. The van der Waals surface area contributed by atoms with Gasteiger partial charge in [-0.15, -0.1) is 0 Å². The van der Waals surface area contributed by atoms with Crippen LogP contribution in [0.5, 0.6) is 0 Å². The molecule has 0 spiro atoms. The summed E-state index contributed by atoms with van der Waals surface area (Å²) in [5, 5.41) is 0. The van der Waals surface area contributed by atoms with Crippen LogP contribution in [0.4, 0.5) is 0 Å². The first-order valence-electron chi connectivity index (χ1n) is 6.21. The molecule has 2 rings (SSSR count). The van der Waals surface area contributed by atoms with Crippen LogP contribution in [-0.4, -0.2) is 12.1 Å². The summed E-state index contributed by atoms with van der Waals surface area (Å²) in [7, 11) is 0. The maximum atomic E-state index is 11.2. The number of furan rings is 1. The second kappa shape index (κ2) is 5.71. The molecule has 1 aliphatic rings. The topological polar surface area (TPSA) is 39.4 Å². The van der Waals surface area contributed by atoms with Gasteiger partial charge in [-0.25, -0.2) is 4.79 Å². The molecule has 0 radical (unpaired) electrons. The minimum absolute atomic E-state index is 0.0809. The van der Waals surface area contributed by atoms with E-state index in [1.807, 2.05) is 12.1 Å². The average Bonchev–Trinajstić information content (AvgIpc) is 2.90. The normalized spacial score (nSPS) is 19.9. The number of hydrogen-bond acceptors (Lipinski definition) is 3. The molecule has 1 aliphatic heterocycles. The number of carbonyl (C=O) groups excluding carboxylic acids is 1. The van der Waals surface area contributed by atoms with Gasteiger partial charge in [0, 0.05) is 12.0 Å². The van der Waals surface area contributed by atoms with E-state index in [-0.39, 0.29) is 12.1 Å². The largest absolute Gasteiger partial charge is 0.472 e. The summed E-state index contributed by atoms with van der Waals surface area (Å²) in [6, 6.07) is 1.98. The number of ether oxygens (including phenoxy) is 1. The lowest BCUT2D eigenvalue weighted by atomic mass is 10.1. The summed E-state index contributed by atoms with van der Waals surface area (Å²) in [5.74, 6) is -0.189. The van der Waals surface area contributed by atoms with E-state index in [0.717, 1.165) is 19.3 Å². The van der Waals surface area contributed by atoms with Gasteiger partial charge >= 0.3 is 5.97 Å². The van der Waals surface area contributed by atoms with Gasteiger partial charge in [0.2, 0.25) is 0 Å². The van der Waals surface area contributed by atoms with E-state index in [2.05, 4.69) is 13.0 Å². The molecular formula is C15H18O3. The van der Waals surface area contributed by atoms with Gasteiger partial charge in [-0.2, -0.15) is 0 Å². The molecule has 18 heavy (non-hydrogen) atoms. The molecule has 0 N–H and O–H groups in total. The summed E-state index contributed by atoms with van der Waals surface area (Å²) in [4.78, 5) is 11.2. The number of aryl methyl sites for hydroxylation is 1. The zero-order valence-corrected chi connectivity index (χ0v) is 10.8. The second-order valence-corrected chi connectivity index (χ2v) is 4.72. The molecule has 3 heteroatoms. The van der Waals surface area contributed by atoms with Crippen LogP contribution >= 0.6 is 0 Å². The lowest BCUT2D eigenvalue weighted by molar-refractivity contribution is -0.139. The highest BCUT2D eigenvalue weighted by molar-refractivity contribution is 5.90. The predicted octanol–water partition coefficient (Wildman–Crippen LogP) is 3.42. The van der Waals surface area contributed by atoms with E-state index in [0.29, 0.717) is 5.57 Å². The fraction of sp³-hybridized carbons (Fsp3) is 0.400. The number of hydrogen-bond donors (Lipinski definition) is 0. The van der Waals surface area contributed by atoms with Crippen molar-refractivity contribution in [2.45, 2.75) is 39.2 Å². The third kappa shape index (κ3) is 3.36. The SMILES string of the molecule is CC1=CC(C/C(C)=C/CCc2ccoc2)OC1=O. The molecule has 0 aliphatic carbocycles. The molecular weight excluding hydrogens is 228 g/mol. The van der Waals surface area contributed by atoms with E-state index in [1.54, 1.807) is 19.5 Å². The number of carbonyl (C=O) groups is 1. The first-order chi connectivity index (χ1) is 8.65. The summed E-state index contributed by atoms with van der Waals surface area (Å²) in [5.41, 5.74) is 3.18. The third-order valence-corrected chi connectivity index (χ3v) is 3.05. The van der Waals surface area contributed by atoms with Crippen molar-refractivity contribution in [1.29, 1.82) is 0 Å².